The number of hydrogen-bond acceptors (Lipinski definition) is 10. The topological polar surface area (TPSA) is 193 Å². The number of nitro groups is 1. The van der Waals surface area contributed by atoms with E-state index in [1.165, 1.54) is 48.5 Å². The molecule has 62 heavy (non-hydrogen) atoms. The third-order valence-electron chi connectivity index (χ3n) is 11.0. The van der Waals surface area contributed by atoms with Gasteiger partial charge in [-0.25, -0.2) is 33.7 Å². The maximum absolute atomic E-state index is 15.1. The van der Waals surface area contributed by atoms with E-state index in [1.807, 2.05) is 0 Å². The number of rotatable bonds is 11. The average Bonchev–Trinajstić information content (AvgIpc) is 3.22. The van der Waals surface area contributed by atoms with Crippen LogP contribution in [0.3, 0.4) is 0 Å². The molecule has 330 valence electrons. The number of nitrogens with zero attached hydrogens (tertiary/aromatic N) is 5. The standard InChI is InChI=1S/C43H49N5O10S4/c1-33-13-5-9-17-40(33)59(51,52)44-25-26-45(60(53,54)41-18-10-6-14-34(41)2)29-30-47(62(57,58)43-20-12-8-16-36(43)4)39(31-37-21-23-38(24-22-37)48(49)50)32-46(28-27-44)61(55,56)42-19-11-7-15-35(42)3/h5-24,39H,25-32H2,1-4H3. The van der Waals surface area contributed by atoms with Gasteiger partial charge in [0.25, 0.3) is 5.69 Å². The highest BCUT2D eigenvalue weighted by molar-refractivity contribution is 7.90. The van der Waals surface area contributed by atoms with Gasteiger partial charge < -0.3 is 0 Å². The fraction of sp³-hybridized carbons (Fsp3) is 0.302. The van der Waals surface area contributed by atoms with E-state index >= 15 is 8.42 Å². The smallest absolute Gasteiger partial charge is 0.258 e. The van der Waals surface area contributed by atoms with Crippen molar-refractivity contribution < 1.29 is 38.6 Å². The molecule has 15 nitrogen and oxygen atoms in total. The van der Waals surface area contributed by atoms with Crippen molar-refractivity contribution in [3.63, 3.8) is 0 Å². The van der Waals surface area contributed by atoms with Crippen molar-refractivity contribution in [3.8, 4) is 0 Å². The van der Waals surface area contributed by atoms with Crippen LogP contribution < -0.4 is 0 Å². The first-order valence-electron chi connectivity index (χ1n) is 19.7. The largest absolute Gasteiger partial charge is 0.269 e. The van der Waals surface area contributed by atoms with Crippen molar-refractivity contribution in [2.24, 2.45) is 0 Å². The Balaban J connectivity index is 1.58. The van der Waals surface area contributed by atoms with Gasteiger partial charge in [0.2, 0.25) is 40.1 Å². The van der Waals surface area contributed by atoms with Crippen LogP contribution in [0.5, 0.6) is 0 Å². The zero-order chi connectivity index (χ0) is 45.0. The highest BCUT2D eigenvalue weighted by Gasteiger charge is 2.40. The fourth-order valence-electron chi connectivity index (χ4n) is 7.61. The van der Waals surface area contributed by atoms with Gasteiger partial charge in [0, 0.05) is 64.0 Å². The van der Waals surface area contributed by atoms with Gasteiger partial charge in [-0.2, -0.15) is 17.2 Å². The molecule has 0 aromatic heterocycles. The summed E-state index contributed by atoms with van der Waals surface area (Å²) < 4.78 is 123. The van der Waals surface area contributed by atoms with Crippen molar-refractivity contribution in [2.75, 3.05) is 45.8 Å². The summed E-state index contributed by atoms with van der Waals surface area (Å²) in [6.45, 7) is 3.30. The molecule has 1 fully saturated rings. The molecule has 1 unspecified atom stereocenters. The SMILES string of the molecule is Cc1ccccc1S(=O)(=O)N1CCN(S(=O)(=O)c2ccccc2C)CCN(S(=O)(=O)c2ccccc2C)C(Cc2ccc([N+](=O)[O-])cc2)CN(S(=O)(=O)c2ccccc2C)CC1. The molecular formula is C43H49N5O10S4. The Kier molecular flexibility index (Phi) is 14.2. The molecule has 0 N–H and O–H groups in total. The minimum Gasteiger partial charge on any atom is -0.258 e. The van der Waals surface area contributed by atoms with E-state index in [4.69, 9.17) is 0 Å². The van der Waals surface area contributed by atoms with Crippen LogP contribution in [0, 0.1) is 37.8 Å². The second-order valence-corrected chi connectivity index (χ2v) is 22.7. The van der Waals surface area contributed by atoms with Gasteiger partial charge in [-0.1, -0.05) is 84.9 Å². The van der Waals surface area contributed by atoms with Gasteiger partial charge in [0.1, 0.15) is 0 Å². The summed E-state index contributed by atoms with van der Waals surface area (Å²) in [5.41, 5.74) is 1.84. The number of sulfonamides is 4. The Hall–Kier alpha value is -4.86. The summed E-state index contributed by atoms with van der Waals surface area (Å²) >= 11 is 0. The molecule has 1 aliphatic rings. The summed E-state index contributed by atoms with van der Waals surface area (Å²) in [7, 11) is -17.8. The molecular weight excluding hydrogens is 875 g/mol. The van der Waals surface area contributed by atoms with Crippen LogP contribution in [-0.4, -0.2) is 108 Å². The van der Waals surface area contributed by atoms with Crippen molar-refractivity contribution in [1.29, 1.82) is 0 Å². The average molecular weight is 924 g/mol. The van der Waals surface area contributed by atoms with Crippen LogP contribution in [0.2, 0.25) is 0 Å². The molecule has 1 saturated heterocycles. The first-order chi connectivity index (χ1) is 29.3. The van der Waals surface area contributed by atoms with Crippen molar-refractivity contribution in [2.45, 2.75) is 59.7 Å². The fourth-order valence-corrected chi connectivity index (χ4v) is 14.4. The zero-order valence-corrected chi connectivity index (χ0v) is 38.0. The minimum atomic E-state index is -4.55. The Morgan fingerprint density at radius 2 is 0.790 bits per heavy atom. The lowest BCUT2D eigenvalue weighted by Crippen LogP contribution is -2.54. The van der Waals surface area contributed by atoms with E-state index in [9.17, 15) is 35.4 Å². The van der Waals surface area contributed by atoms with Crippen LogP contribution in [0.4, 0.5) is 5.69 Å². The number of benzene rings is 5. The van der Waals surface area contributed by atoms with E-state index in [0.29, 0.717) is 27.8 Å². The molecule has 0 saturated carbocycles. The van der Waals surface area contributed by atoms with Gasteiger partial charge in [-0.15, -0.1) is 0 Å². The van der Waals surface area contributed by atoms with Gasteiger partial charge in [-0.3, -0.25) is 10.1 Å². The molecule has 0 spiro atoms. The van der Waals surface area contributed by atoms with E-state index in [1.54, 1.807) is 100 Å². The minimum absolute atomic E-state index is 0.0414. The predicted octanol–water partition coefficient (Wildman–Crippen LogP) is 5.52. The summed E-state index contributed by atoms with van der Waals surface area (Å²) in [6.07, 6.45) is -0.168. The number of non-ortho nitro benzene ring substituents is 1. The third kappa shape index (κ3) is 9.84. The molecule has 1 heterocycles. The summed E-state index contributed by atoms with van der Waals surface area (Å²) in [6, 6.07) is 29.3. The molecule has 0 amide bonds. The monoisotopic (exact) mass is 923 g/mol. The highest BCUT2D eigenvalue weighted by Crippen LogP contribution is 2.30. The second kappa shape index (κ2) is 18.9. The number of nitro benzene ring substituents is 1. The van der Waals surface area contributed by atoms with Crippen LogP contribution in [0.25, 0.3) is 0 Å². The zero-order valence-electron chi connectivity index (χ0n) is 34.7. The van der Waals surface area contributed by atoms with E-state index in [-0.39, 0.29) is 31.7 Å². The second-order valence-electron chi connectivity index (χ2n) is 15.1. The Labute approximate surface area is 364 Å². The molecule has 5 aromatic carbocycles. The summed E-state index contributed by atoms with van der Waals surface area (Å²) in [4.78, 5) is 10.8. The van der Waals surface area contributed by atoms with Gasteiger partial charge in [0.15, 0.2) is 0 Å². The summed E-state index contributed by atoms with van der Waals surface area (Å²) in [5.74, 6) is 0. The molecule has 1 atom stereocenters. The van der Waals surface area contributed by atoms with Crippen molar-refractivity contribution in [1.82, 2.24) is 17.2 Å². The molecule has 1 aliphatic heterocycles. The lowest BCUT2D eigenvalue weighted by molar-refractivity contribution is -0.384. The molecule has 5 aromatic rings. The van der Waals surface area contributed by atoms with E-state index < -0.39 is 96.9 Å². The maximum atomic E-state index is 15.1. The summed E-state index contributed by atoms with van der Waals surface area (Å²) in [5, 5.41) is 11.6. The van der Waals surface area contributed by atoms with Crippen molar-refractivity contribution >= 4 is 45.8 Å². The molecule has 0 aliphatic carbocycles. The number of hydrogen-bond donors (Lipinski definition) is 0. The Morgan fingerprint density at radius 1 is 0.468 bits per heavy atom. The van der Waals surface area contributed by atoms with Crippen LogP contribution in [-0.2, 0) is 46.5 Å². The molecule has 0 bridgehead atoms. The van der Waals surface area contributed by atoms with Gasteiger partial charge in [-0.05, 0) is 86.2 Å². The Morgan fingerprint density at radius 3 is 1.16 bits per heavy atom. The van der Waals surface area contributed by atoms with Gasteiger partial charge >= 0.3 is 0 Å². The quantitative estimate of drug-likeness (QED) is 0.120. The number of aryl methyl sites for hydroxylation is 4. The highest BCUT2D eigenvalue weighted by atomic mass is 32.2. The van der Waals surface area contributed by atoms with Crippen molar-refractivity contribution in [3.05, 3.63) is 159 Å². The Bertz CT molecular complexity index is 2890. The lowest BCUT2D eigenvalue weighted by Gasteiger charge is -2.38. The van der Waals surface area contributed by atoms with Crippen LogP contribution in [0.1, 0.15) is 27.8 Å². The molecule has 6 rings (SSSR count). The first-order valence-corrected chi connectivity index (χ1v) is 25.5. The third-order valence-corrected chi connectivity index (χ3v) is 19.3. The first kappa shape index (κ1) is 46.6. The lowest BCUT2D eigenvalue weighted by atomic mass is 10.1. The maximum Gasteiger partial charge on any atom is 0.269 e. The van der Waals surface area contributed by atoms with Gasteiger partial charge in [0.05, 0.1) is 24.5 Å². The normalized spacial score (nSPS) is 17.5. The van der Waals surface area contributed by atoms with E-state index in [2.05, 4.69) is 0 Å². The predicted molar refractivity (Wildman–Crippen MR) is 235 cm³/mol. The van der Waals surface area contributed by atoms with Crippen LogP contribution >= 0.6 is 0 Å². The molecule has 19 heteroatoms. The van der Waals surface area contributed by atoms with E-state index in [0.717, 1.165) is 17.2 Å². The molecule has 0 radical (unpaired) electrons. The van der Waals surface area contributed by atoms with Crippen LogP contribution in [0.15, 0.2) is 141 Å².